The Morgan fingerprint density at radius 2 is 1.66 bits per heavy atom. The molecule has 200 valence electrons. The summed E-state index contributed by atoms with van der Waals surface area (Å²) in [7, 11) is 0. The second-order valence-electron chi connectivity index (χ2n) is 9.40. The second-order valence-corrected chi connectivity index (χ2v) is 10.5. The number of carbonyl (C=O) groups is 4. The molecule has 0 aromatic carbocycles. The largest absolute Gasteiger partial charge is 0.480 e. The maximum atomic E-state index is 13.3. The molecule has 2 aliphatic rings. The molecule has 0 spiro atoms. The van der Waals surface area contributed by atoms with Crippen molar-refractivity contribution in [3.8, 4) is 0 Å². The van der Waals surface area contributed by atoms with Crippen LogP contribution in [0.25, 0.3) is 0 Å². The van der Waals surface area contributed by atoms with E-state index < -0.39 is 30.1 Å². The molecule has 2 fully saturated rings. The number of hydrogen-bond donors (Lipinski definition) is 2. The summed E-state index contributed by atoms with van der Waals surface area (Å²) in [5.74, 6) is -0.435. The number of carbonyl (C=O) groups excluding carboxylic acids is 3. The number of carboxylic acid groups (broad SMARTS) is 1. The van der Waals surface area contributed by atoms with Gasteiger partial charge in [-0.05, 0) is 51.7 Å². The van der Waals surface area contributed by atoms with Crippen LogP contribution in [0.15, 0.2) is 0 Å². The van der Waals surface area contributed by atoms with E-state index in [9.17, 15) is 24.3 Å². The first-order chi connectivity index (χ1) is 16.8. The minimum Gasteiger partial charge on any atom is -0.480 e. The predicted molar refractivity (Wildman–Crippen MR) is 136 cm³/mol. The van der Waals surface area contributed by atoms with E-state index in [1.807, 2.05) is 0 Å². The molecule has 35 heavy (non-hydrogen) atoms. The molecule has 0 radical (unpaired) electrons. The summed E-state index contributed by atoms with van der Waals surface area (Å²) in [6.07, 6.45) is 8.25. The monoisotopic (exact) mass is 513 g/mol. The number of rotatable bonds is 15. The maximum absolute atomic E-state index is 13.3. The average molecular weight is 514 g/mol. The van der Waals surface area contributed by atoms with Crippen molar-refractivity contribution in [1.29, 1.82) is 0 Å². The first kappa shape index (κ1) is 29.4. The molecule has 2 saturated heterocycles. The predicted octanol–water partition coefficient (Wildman–Crippen LogP) is 2.67. The van der Waals surface area contributed by atoms with Gasteiger partial charge in [0.05, 0.1) is 12.6 Å². The van der Waals surface area contributed by atoms with Crippen LogP contribution in [0.3, 0.4) is 0 Å². The quantitative estimate of drug-likeness (QED) is 0.254. The number of amides is 2. The molecule has 2 N–H and O–H groups in total. The van der Waals surface area contributed by atoms with Gasteiger partial charge in [0.1, 0.15) is 18.1 Å². The Balaban J connectivity index is 1.94. The van der Waals surface area contributed by atoms with Crippen LogP contribution < -0.4 is 5.32 Å². The molecule has 0 aromatic heterocycles. The summed E-state index contributed by atoms with van der Waals surface area (Å²) in [5, 5.41) is 12.6. The number of ether oxygens (including phenoxy) is 1. The summed E-state index contributed by atoms with van der Waals surface area (Å²) in [6.45, 7) is 6.77. The zero-order valence-corrected chi connectivity index (χ0v) is 22.3. The van der Waals surface area contributed by atoms with Gasteiger partial charge in [0.15, 0.2) is 0 Å². The number of thioether (sulfide) groups is 1. The highest BCUT2D eigenvalue weighted by Crippen LogP contribution is 2.25. The summed E-state index contributed by atoms with van der Waals surface area (Å²) >= 11 is 1.68. The van der Waals surface area contributed by atoms with E-state index in [0.29, 0.717) is 44.5 Å². The molecule has 4 atom stereocenters. The Labute approximate surface area is 213 Å². The fourth-order valence-corrected chi connectivity index (χ4v) is 5.87. The van der Waals surface area contributed by atoms with E-state index in [-0.39, 0.29) is 24.4 Å². The number of hydrogen-bond acceptors (Lipinski definition) is 7. The van der Waals surface area contributed by atoms with Gasteiger partial charge >= 0.3 is 11.9 Å². The Morgan fingerprint density at radius 3 is 2.31 bits per heavy atom. The van der Waals surface area contributed by atoms with Crippen molar-refractivity contribution >= 4 is 35.5 Å². The highest BCUT2D eigenvalue weighted by atomic mass is 32.2. The Kier molecular flexibility index (Phi) is 12.9. The summed E-state index contributed by atoms with van der Waals surface area (Å²) < 4.78 is 5.23. The number of nitrogens with zero attached hydrogens (tertiary/aromatic N) is 2. The van der Waals surface area contributed by atoms with Gasteiger partial charge in [-0.15, -0.1) is 0 Å². The fourth-order valence-electron chi connectivity index (χ4n) is 4.82. The van der Waals surface area contributed by atoms with E-state index in [1.165, 1.54) is 30.6 Å². The molecule has 2 rings (SSSR count). The Bertz CT molecular complexity index is 721. The average Bonchev–Trinajstić information content (AvgIpc) is 3.52. The molecular weight excluding hydrogens is 470 g/mol. The zero-order valence-electron chi connectivity index (χ0n) is 21.5. The summed E-state index contributed by atoms with van der Waals surface area (Å²) in [4.78, 5) is 53.5. The fraction of sp³-hybridized carbons (Fsp3) is 0.840. The lowest BCUT2D eigenvalue weighted by Crippen LogP contribution is -2.56. The first-order valence-corrected chi connectivity index (χ1v) is 14.3. The van der Waals surface area contributed by atoms with Crippen molar-refractivity contribution in [2.45, 2.75) is 103 Å². The number of carboxylic acids is 1. The smallest absolute Gasteiger partial charge is 0.326 e. The third-order valence-electron chi connectivity index (χ3n) is 6.71. The SMILES string of the molecule is CCCCCCCSC[C@H](N[C@@H](C)C(=O)N1CCC[C@H]1C(=O)N1CCC[C@H]1C(=O)O)C(=O)OCC. The molecule has 0 aromatic rings. The number of unbranched alkanes of at least 4 members (excludes halogenated alkanes) is 4. The van der Waals surface area contributed by atoms with Gasteiger partial charge in [-0.1, -0.05) is 32.6 Å². The number of likely N-dealkylation sites (tertiary alicyclic amines) is 2. The van der Waals surface area contributed by atoms with E-state index in [2.05, 4.69) is 12.2 Å². The first-order valence-electron chi connectivity index (χ1n) is 13.2. The lowest BCUT2D eigenvalue weighted by atomic mass is 10.1. The van der Waals surface area contributed by atoms with Gasteiger partial charge in [0, 0.05) is 18.8 Å². The van der Waals surface area contributed by atoms with Gasteiger partial charge in [0.25, 0.3) is 0 Å². The van der Waals surface area contributed by atoms with Gasteiger partial charge in [-0.3, -0.25) is 19.7 Å². The highest BCUT2D eigenvalue weighted by molar-refractivity contribution is 7.99. The van der Waals surface area contributed by atoms with Crippen molar-refractivity contribution in [3.63, 3.8) is 0 Å². The van der Waals surface area contributed by atoms with Crippen LogP contribution in [-0.2, 0) is 23.9 Å². The van der Waals surface area contributed by atoms with Crippen molar-refractivity contribution in [1.82, 2.24) is 15.1 Å². The summed E-state index contributed by atoms with van der Waals surface area (Å²) in [6, 6.07) is -2.74. The third kappa shape index (κ3) is 8.66. The van der Waals surface area contributed by atoms with E-state index >= 15 is 0 Å². The normalized spacial score (nSPS) is 21.7. The van der Waals surface area contributed by atoms with E-state index in [0.717, 1.165) is 12.2 Å². The molecule has 9 nitrogen and oxygen atoms in total. The second kappa shape index (κ2) is 15.3. The minimum atomic E-state index is -0.998. The molecule has 2 aliphatic heterocycles. The standard InChI is InChI=1S/C25H43N3O6S/c1-4-6-7-8-9-16-35-17-19(25(33)34-5-2)26-18(3)22(29)27-14-10-12-20(27)23(30)28-15-11-13-21(28)24(31)32/h18-21,26H,4-17H2,1-3H3,(H,31,32)/t18-,19-,20-,21-/m0/s1. The number of esters is 1. The zero-order chi connectivity index (χ0) is 25.8. The van der Waals surface area contributed by atoms with Crippen LogP contribution in [0.5, 0.6) is 0 Å². The van der Waals surface area contributed by atoms with Crippen molar-refractivity contribution < 1.29 is 29.0 Å². The minimum absolute atomic E-state index is 0.245. The molecule has 0 aliphatic carbocycles. The lowest BCUT2D eigenvalue weighted by Gasteiger charge is -2.32. The molecule has 0 bridgehead atoms. The van der Waals surface area contributed by atoms with Crippen LogP contribution in [0, 0.1) is 0 Å². The van der Waals surface area contributed by atoms with Gasteiger partial charge in [-0.25, -0.2) is 4.79 Å². The van der Waals surface area contributed by atoms with Crippen LogP contribution in [0.2, 0.25) is 0 Å². The molecule has 10 heteroatoms. The van der Waals surface area contributed by atoms with Crippen molar-refractivity contribution in [2.24, 2.45) is 0 Å². The molecule has 2 heterocycles. The number of aliphatic carboxylic acids is 1. The van der Waals surface area contributed by atoms with Crippen LogP contribution in [-0.4, -0.2) is 94.0 Å². The Morgan fingerprint density at radius 1 is 1.00 bits per heavy atom. The topological polar surface area (TPSA) is 116 Å². The van der Waals surface area contributed by atoms with Crippen LogP contribution in [0.1, 0.15) is 78.6 Å². The van der Waals surface area contributed by atoms with Crippen molar-refractivity contribution in [2.75, 3.05) is 31.2 Å². The maximum Gasteiger partial charge on any atom is 0.326 e. The Hall–Kier alpha value is -1.81. The van der Waals surface area contributed by atoms with Gasteiger partial charge in [-0.2, -0.15) is 11.8 Å². The van der Waals surface area contributed by atoms with Gasteiger partial charge in [0.2, 0.25) is 11.8 Å². The van der Waals surface area contributed by atoms with Crippen LogP contribution >= 0.6 is 11.8 Å². The third-order valence-corrected chi connectivity index (χ3v) is 7.86. The van der Waals surface area contributed by atoms with E-state index in [1.54, 1.807) is 30.5 Å². The lowest BCUT2D eigenvalue weighted by molar-refractivity contribution is -0.152. The molecule has 2 amide bonds. The summed E-state index contributed by atoms with van der Waals surface area (Å²) in [5.41, 5.74) is 0. The van der Waals surface area contributed by atoms with Crippen LogP contribution in [0.4, 0.5) is 0 Å². The highest BCUT2D eigenvalue weighted by Gasteiger charge is 2.43. The van der Waals surface area contributed by atoms with Gasteiger partial charge < -0.3 is 19.6 Å². The van der Waals surface area contributed by atoms with E-state index in [4.69, 9.17) is 4.74 Å². The van der Waals surface area contributed by atoms with Crippen molar-refractivity contribution in [3.05, 3.63) is 0 Å². The molecular formula is C25H43N3O6S. The number of nitrogens with one attached hydrogen (secondary N) is 1. The molecule has 0 saturated carbocycles. The molecule has 0 unspecified atom stereocenters.